The molecule has 1 aromatic heterocycles. The molecule has 0 fully saturated rings. The smallest absolute Gasteiger partial charge is 0.248 e. The quantitative estimate of drug-likeness (QED) is 0.608. The average molecular weight is 199 g/mol. The maximum atomic E-state index is 12.4. The van der Waals surface area contributed by atoms with Gasteiger partial charge in [-0.1, -0.05) is 0 Å². The average Bonchev–Trinajstić information content (AvgIpc) is 2.16. The van der Waals surface area contributed by atoms with E-state index in [-0.39, 0.29) is 6.54 Å². The predicted molar refractivity (Wildman–Crippen MR) is 47.9 cm³/mol. The molecule has 0 saturated heterocycles. The van der Waals surface area contributed by atoms with Gasteiger partial charge < -0.3 is 16.2 Å². The third kappa shape index (κ3) is 2.98. The van der Waals surface area contributed by atoms with Crippen LogP contribution in [0.5, 0.6) is 0 Å². The molecule has 0 bridgehead atoms. The lowest BCUT2D eigenvalue weighted by Crippen LogP contribution is -2.34. The molecule has 14 heavy (non-hydrogen) atoms. The van der Waals surface area contributed by atoms with Gasteiger partial charge in [-0.3, -0.25) is 4.79 Å². The van der Waals surface area contributed by atoms with Crippen LogP contribution in [0.25, 0.3) is 0 Å². The highest BCUT2D eigenvalue weighted by molar-refractivity contribution is 5.79. The first-order valence-corrected chi connectivity index (χ1v) is 3.92. The van der Waals surface area contributed by atoms with E-state index in [1.165, 1.54) is 12.1 Å². The fourth-order valence-electron chi connectivity index (χ4n) is 0.782. The molecule has 0 radical (unpaired) electrons. The number of pyridine rings is 1. The number of aliphatic hydroxyl groups is 1. The lowest BCUT2D eigenvalue weighted by molar-refractivity contribution is -0.125. The number of aromatic nitrogens is 1. The molecule has 1 rings (SSSR count). The van der Waals surface area contributed by atoms with Crippen molar-refractivity contribution in [2.24, 2.45) is 5.73 Å². The van der Waals surface area contributed by atoms with Crippen molar-refractivity contribution in [2.75, 3.05) is 11.9 Å². The van der Waals surface area contributed by atoms with Gasteiger partial charge in [-0.05, 0) is 12.1 Å². The molecule has 1 aromatic rings. The third-order valence-corrected chi connectivity index (χ3v) is 1.53. The van der Waals surface area contributed by atoms with Crippen LogP contribution in [0.2, 0.25) is 0 Å². The first-order valence-electron chi connectivity index (χ1n) is 3.92. The van der Waals surface area contributed by atoms with Gasteiger partial charge in [0.1, 0.15) is 17.7 Å². The number of nitrogens with one attached hydrogen (secondary N) is 1. The second kappa shape index (κ2) is 4.52. The number of anilines is 1. The molecule has 1 heterocycles. The van der Waals surface area contributed by atoms with Crippen molar-refractivity contribution in [3.63, 3.8) is 0 Å². The Labute approximate surface area is 79.8 Å². The van der Waals surface area contributed by atoms with Gasteiger partial charge in [0.25, 0.3) is 0 Å². The summed E-state index contributed by atoms with van der Waals surface area (Å²) in [6.45, 7) is -0.0477. The summed E-state index contributed by atoms with van der Waals surface area (Å²) in [4.78, 5) is 14.1. The van der Waals surface area contributed by atoms with Crippen LogP contribution in [-0.4, -0.2) is 28.6 Å². The van der Waals surface area contributed by atoms with E-state index in [0.717, 1.165) is 6.20 Å². The van der Waals surface area contributed by atoms with Gasteiger partial charge in [-0.25, -0.2) is 9.37 Å². The van der Waals surface area contributed by atoms with Crippen molar-refractivity contribution in [3.8, 4) is 0 Å². The number of carbonyl (C=O) groups excluding carboxylic acids is 1. The van der Waals surface area contributed by atoms with Crippen LogP contribution in [0.3, 0.4) is 0 Å². The minimum absolute atomic E-state index is 0.0477. The van der Waals surface area contributed by atoms with E-state index >= 15 is 0 Å². The second-order valence-electron chi connectivity index (χ2n) is 2.66. The summed E-state index contributed by atoms with van der Waals surface area (Å²) in [5.74, 6) is -0.905. The highest BCUT2D eigenvalue weighted by Crippen LogP contribution is 2.02. The minimum Gasteiger partial charge on any atom is -0.381 e. The maximum absolute atomic E-state index is 12.4. The highest BCUT2D eigenvalue weighted by Gasteiger charge is 2.09. The van der Waals surface area contributed by atoms with E-state index in [9.17, 15) is 9.18 Å². The Morgan fingerprint density at radius 1 is 1.71 bits per heavy atom. The van der Waals surface area contributed by atoms with Crippen molar-refractivity contribution in [1.29, 1.82) is 0 Å². The molecule has 0 aromatic carbocycles. The van der Waals surface area contributed by atoms with Crippen LogP contribution in [0.15, 0.2) is 18.3 Å². The van der Waals surface area contributed by atoms with Crippen LogP contribution in [0.4, 0.5) is 10.2 Å². The predicted octanol–water partition coefficient (Wildman–Crippen LogP) is -0.521. The number of aliphatic hydroxyl groups excluding tert-OH is 1. The van der Waals surface area contributed by atoms with E-state index in [1.807, 2.05) is 0 Å². The molecule has 5 nitrogen and oxygen atoms in total. The summed E-state index contributed by atoms with van der Waals surface area (Å²) in [7, 11) is 0. The maximum Gasteiger partial charge on any atom is 0.248 e. The van der Waals surface area contributed by atoms with Gasteiger partial charge in [0.05, 0.1) is 12.7 Å². The largest absolute Gasteiger partial charge is 0.381 e. The van der Waals surface area contributed by atoms with Crippen LogP contribution < -0.4 is 11.1 Å². The zero-order valence-corrected chi connectivity index (χ0v) is 7.27. The van der Waals surface area contributed by atoms with Gasteiger partial charge in [0, 0.05) is 0 Å². The number of rotatable bonds is 4. The number of nitrogens with zero attached hydrogens (tertiary/aromatic N) is 1. The standard InChI is InChI=1S/C8H10FN3O2/c9-5-1-2-7(11-3-5)12-4-6(13)8(10)14/h1-3,6,13H,4H2,(H2,10,14)(H,11,12). The van der Waals surface area contributed by atoms with Crippen molar-refractivity contribution < 1.29 is 14.3 Å². The van der Waals surface area contributed by atoms with Crippen molar-refractivity contribution in [2.45, 2.75) is 6.10 Å². The molecule has 4 N–H and O–H groups in total. The van der Waals surface area contributed by atoms with Gasteiger partial charge >= 0.3 is 0 Å². The van der Waals surface area contributed by atoms with Crippen molar-refractivity contribution in [1.82, 2.24) is 4.98 Å². The third-order valence-electron chi connectivity index (χ3n) is 1.53. The first kappa shape index (κ1) is 10.4. The molecule has 76 valence electrons. The van der Waals surface area contributed by atoms with Gasteiger partial charge in [-0.15, -0.1) is 0 Å². The van der Waals surface area contributed by atoms with Gasteiger partial charge in [-0.2, -0.15) is 0 Å². The normalized spacial score (nSPS) is 12.1. The molecule has 0 aliphatic carbocycles. The number of carbonyl (C=O) groups is 1. The first-order chi connectivity index (χ1) is 6.59. The van der Waals surface area contributed by atoms with Crippen LogP contribution in [0, 0.1) is 5.82 Å². The topological polar surface area (TPSA) is 88.2 Å². The Kier molecular flexibility index (Phi) is 3.35. The number of halogens is 1. The lowest BCUT2D eigenvalue weighted by Gasteiger charge is -2.08. The summed E-state index contributed by atoms with van der Waals surface area (Å²) >= 11 is 0. The molecule has 1 atom stereocenters. The van der Waals surface area contributed by atoms with Crippen molar-refractivity contribution >= 4 is 11.7 Å². The molecule has 0 saturated carbocycles. The SMILES string of the molecule is NC(=O)C(O)CNc1ccc(F)cn1. The summed E-state index contributed by atoms with van der Waals surface area (Å²) in [6, 6.07) is 2.61. The Morgan fingerprint density at radius 3 is 2.93 bits per heavy atom. The van der Waals surface area contributed by atoms with Crippen LogP contribution in [0.1, 0.15) is 0 Å². The molecule has 0 spiro atoms. The number of hydrogen-bond acceptors (Lipinski definition) is 4. The van der Waals surface area contributed by atoms with E-state index in [0.29, 0.717) is 5.82 Å². The summed E-state index contributed by atoms with van der Waals surface area (Å²) in [5, 5.41) is 11.6. The lowest BCUT2D eigenvalue weighted by atomic mass is 10.3. The van der Waals surface area contributed by atoms with E-state index in [2.05, 4.69) is 10.3 Å². The Hall–Kier alpha value is -1.69. The monoisotopic (exact) mass is 199 g/mol. The number of hydrogen-bond donors (Lipinski definition) is 3. The van der Waals surface area contributed by atoms with E-state index < -0.39 is 17.8 Å². The van der Waals surface area contributed by atoms with Gasteiger partial charge in [0.2, 0.25) is 5.91 Å². The van der Waals surface area contributed by atoms with Gasteiger partial charge in [0.15, 0.2) is 0 Å². The molecule has 1 amide bonds. The number of primary amides is 1. The zero-order chi connectivity index (χ0) is 10.6. The molecule has 1 unspecified atom stereocenters. The Bertz CT molecular complexity index is 315. The second-order valence-corrected chi connectivity index (χ2v) is 2.66. The molecular formula is C8H10FN3O2. The Morgan fingerprint density at radius 2 is 2.43 bits per heavy atom. The van der Waals surface area contributed by atoms with E-state index in [4.69, 9.17) is 10.8 Å². The van der Waals surface area contributed by atoms with E-state index in [1.54, 1.807) is 0 Å². The minimum atomic E-state index is -1.28. The molecular weight excluding hydrogens is 189 g/mol. The molecule has 6 heteroatoms. The fraction of sp³-hybridized carbons (Fsp3) is 0.250. The molecule has 0 aliphatic heterocycles. The van der Waals surface area contributed by atoms with Crippen molar-refractivity contribution in [3.05, 3.63) is 24.1 Å². The van der Waals surface area contributed by atoms with Crippen LogP contribution in [-0.2, 0) is 4.79 Å². The zero-order valence-electron chi connectivity index (χ0n) is 7.27. The highest BCUT2D eigenvalue weighted by atomic mass is 19.1. The number of amides is 1. The summed E-state index contributed by atoms with van der Waals surface area (Å²) in [5.41, 5.74) is 4.81. The Balaban J connectivity index is 2.46. The summed E-state index contributed by atoms with van der Waals surface area (Å²) < 4.78 is 12.4. The summed E-state index contributed by atoms with van der Waals surface area (Å²) in [6.07, 6.45) is -0.249. The number of nitrogens with two attached hydrogens (primary N) is 1. The molecule has 0 aliphatic rings. The van der Waals surface area contributed by atoms with Crippen LogP contribution >= 0.6 is 0 Å². The fourth-order valence-corrected chi connectivity index (χ4v) is 0.782.